The van der Waals surface area contributed by atoms with Crippen LogP contribution in [0, 0.1) is 0 Å². The van der Waals surface area contributed by atoms with E-state index in [4.69, 9.17) is 19.3 Å². The van der Waals surface area contributed by atoms with E-state index in [0.717, 1.165) is 25.7 Å². The van der Waals surface area contributed by atoms with Crippen molar-refractivity contribution >= 4 is 18.2 Å². The molecule has 0 radical (unpaired) electrons. The number of carbonyl (C=O) groups excluding carboxylic acids is 2. The number of carboxylic acid groups (broad SMARTS) is 1. The zero-order valence-electron chi connectivity index (χ0n) is 28.0. The maximum Gasteiger partial charge on any atom is 0.407 e. The Morgan fingerprint density at radius 1 is 0.512 bits per heavy atom. The van der Waals surface area contributed by atoms with Gasteiger partial charge in [0, 0.05) is 19.5 Å². The number of aliphatic carboxylic acids is 1. The Hall–Kier alpha value is -2.03. The lowest BCUT2D eigenvalue weighted by Gasteiger charge is -2.19. The van der Waals surface area contributed by atoms with Crippen molar-refractivity contribution in [3.8, 4) is 0 Å². The monoisotopic (exact) mass is 614 g/mol. The molecule has 0 fully saturated rings. The SMILES string of the molecule is CC(C)(C)OC(=O)NCCOCCOC(=O)NCCCCCCCCCCCCCCCCCCCCCCCC(=O)O. The third-order valence-electron chi connectivity index (χ3n) is 7.21. The van der Waals surface area contributed by atoms with Gasteiger partial charge in [-0.2, -0.15) is 0 Å². The third kappa shape index (κ3) is 36.1. The van der Waals surface area contributed by atoms with Crippen LogP contribution >= 0.6 is 0 Å². The molecule has 0 aromatic carbocycles. The summed E-state index contributed by atoms with van der Waals surface area (Å²) in [6.07, 6.45) is 26.0. The summed E-state index contributed by atoms with van der Waals surface area (Å²) >= 11 is 0. The number of nitrogens with one attached hydrogen (secondary N) is 2. The van der Waals surface area contributed by atoms with Crippen LogP contribution in [0.2, 0.25) is 0 Å². The van der Waals surface area contributed by atoms with Crippen molar-refractivity contribution < 1.29 is 33.7 Å². The fourth-order valence-corrected chi connectivity index (χ4v) is 4.84. The van der Waals surface area contributed by atoms with Gasteiger partial charge in [-0.05, 0) is 33.6 Å². The van der Waals surface area contributed by atoms with Crippen LogP contribution < -0.4 is 10.6 Å². The van der Waals surface area contributed by atoms with Crippen molar-refractivity contribution in [3.63, 3.8) is 0 Å². The molecule has 0 saturated heterocycles. The summed E-state index contributed by atoms with van der Waals surface area (Å²) in [6.45, 7) is 7.19. The molecule has 0 aromatic rings. The summed E-state index contributed by atoms with van der Waals surface area (Å²) < 4.78 is 15.6. The van der Waals surface area contributed by atoms with Gasteiger partial charge in [0.1, 0.15) is 12.2 Å². The number of ether oxygens (including phenoxy) is 3. The van der Waals surface area contributed by atoms with Crippen LogP contribution in [0.3, 0.4) is 0 Å². The highest BCUT2D eigenvalue weighted by Gasteiger charge is 2.15. The number of rotatable bonds is 30. The Labute approximate surface area is 263 Å². The molecule has 0 aliphatic carbocycles. The fraction of sp³-hybridized carbons (Fsp3) is 0.912. The Kier molecular flexibility index (Phi) is 28.6. The second kappa shape index (κ2) is 30.0. The van der Waals surface area contributed by atoms with Crippen LogP contribution in [0.25, 0.3) is 0 Å². The number of hydrogen-bond donors (Lipinski definition) is 3. The lowest BCUT2D eigenvalue weighted by Crippen LogP contribution is -2.34. The Balaban J connectivity index is 3.20. The lowest BCUT2D eigenvalue weighted by molar-refractivity contribution is -0.137. The second-order valence-corrected chi connectivity index (χ2v) is 12.7. The zero-order valence-corrected chi connectivity index (χ0v) is 28.0. The molecule has 0 aliphatic heterocycles. The molecule has 0 heterocycles. The van der Waals surface area contributed by atoms with E-state index in [1.165, 1.54) is 109 Å². The minimum atomic E-state index is -0.669. The number of carboxylic acids is 1. The molecule has 43 heavy (non-hydrogen) atoms. The van der Waals surface area contributed by atoms with E-state index in [-0.39, 0.29) is 13.2 Å². The molecule has 9 nitrogen and oxygen atoms in total. The molecule has 0 bridgehead atoms. The Bertz CT molecular complexity index is 668. The predicted molar refractivity (Wildman–Crippen MR) is 174 cm³/mol. The number of hydrogen-bond acceptors (Lipinski definition) is 6. The quantitative estimate of drug-likeness (QED) is 0.0690. The maximum absolute atomic E-state index is 11.7. The van der Waals surface area contributed by atoms with Gasteiger partial charge in [0.15, 0.2) is 0 Å². The van der Waals surface area contributed by atoms with Crippen LogP contribution in [0.4, 0.5) is 9.59 Å². The zero-order chi connectivity index (χ0) is 31.9. The van der Waals surface area contributed by atoms with E-state index in [2.05, 4.69) is 10.6 Å². The molecular formula is C34H66N2O7. The van der Waals surface area contributed by atoms with Crippen molar-refractivity contribution in [2.75, 3.05) is 32.9 Å². The number of carbonyl (C=O) groups is 3. The number of amides is 2. The smallest absolute Gasteiger partial charge is 0.407 e. The third-order valence-corrected chi connectivity index (χ3v) is 7.21. The Morgan fingerprint density at radius 3 is 1.33 bits per heavy atom. The van der Waals surface area contributed by atoms with Crippen LogP contribution in [0.5, 0.6) is 0 Å². The highest BCUT2D eigenvalue weighted by molar-refractivity contribution is 5.67. The molecule has 254 valence electrons. The van der Waals surface area contributed by atoms with Gasteiger partial charge in [0.05, 0.1) is 13.2 Å². The fourth-order valence-electron chi connectivity index (χ4n) is 4.84. The maximum atomic E-state index is 11.7. The largest absolute Gasteiger partial charge is 0.481 e. The van der Waals surface area contributed by atoms with Crippen molar-refractivity contribution in [1.82, 2.24) is 10.6 Å². The van der Waals surface area contributed by atoms with E-state index in [9.17, 15) is 14.4 Å². The normalized spacial score (nSPS) is 11.3. The summed E-state index contributed by atoms with van der Waals surface area (Å²) in [5.74, 6) is -0.669. The molecule has 2 amide bonds. The first-order valence-electron chi connectivity index (χ1n) is 17.4. The number of alkyl carbamates (subject to hydrolysis) is 2. The standard InChI is InChI=1S/C34H66N2O7/c1-34(2,3)43-33(40)36-27-28-41-29-30-42-32(39)35-26-24-22-20-18-16-14-12-10-8-6-4-5-7-9-11-13-15-17-19-21-23-25-31(37)38/h4-30H2,1-3H3,(H,35,39)(H,36,40)(H,37,38). The summed E-state index contributed by atoms with van der Waals surface area (Å²) in [7, 11) is 0. The van der Waals surface area contributed by atoms with Crippen molar-refractivity contribution in [1.29, 1.82) is 0 Å². The summed E-state index contributed by atoms with van der Waals surface area (Å²) in [6, 6.07) is 0. The topological polar surface area (TPSA) is 123 Å². The van der Waals surface area contributed by atoms with E-state index in [1.54, 1.807) is 0 Å². The van der Waals surface area contributed by atoms with Gasteiger partial charge in [-0.1, -0.05) is 122 Å². The first kappa shape index (κ1) is 41.0. The van der Waals surface area contributed by atoms with E-state index >= 15 is 0 Å². The highest BCUT2D eigenvalue weighted by atomic mass is 16.6. The summed E-state index contributed by atoms with van der Waals surface area (Å²) in [5, 5.41) is 14.0. The molecule has 3 N–H and O–H groups in total. The van der Waals surface area contributed by atoms with E-state index in [0.29, 0.717) is 26.1 Å². The van der Waals surface area contributed by atoms with Crippen molar-refractivity contribution in [3.05, 3.63) is 0 Å². The van der Waals surface area contributed by atoms with Gasteiger partial charge in [0.25, 0.3) is 0 Å². The number of unbranched alkanes of at least 4 members (excludes halogenated alkanes) is 20. The van der Waals surface area contributed by atoms with Gasteiger partial charge in [-0.25, -0.2) is 9.59 Å². The van der Waals surface area contributed by atoms with Crippen molar-refractivity contribution in [2.45, 2.75) is 168 Å². The van der Waals surface area contributed by atoms with Gasteiger partial charge >= 0.3 is 18.2 Å². The highest BCUT2D eigenvalue weighted by Crippen LogP contribution is 2.15. The minimum absolute atomic E-state index is 0.181. The first-order chi connectivity index (χ1) is 20.7. The van der Waals surface area contributed by atoms with Gasteiger partial charge in [-0.15, -0.1) is 0 Å². The molecule has 0 atom stereocenters. The Morgan fingerprint density at radius 2 is 0.907 bits per heavy atom. The molecular weight excluding hydrogens is 548 g/mol. The van der Waals surface area contributed by atoms with Gasteiger partial charge < -0.3 is 30.0 Å². The lowest BCUT2D eigenvalue weighted by atomic mass is 10.0. The predicted octanol–water partition coefficient (Wildman–Crippen LogP) is 8.92. The van der Waals surface area contributed by atoms with Crippen LogP contribution in [-0.4, -0.2) is 61.8 Å². The van der Waals surface area contributed by atoms with Crippen LogP contribution in [0.1, 0.15) is 162 Å². The van der Waals surface area contributed by atoms with Crippen LogP contribution in [0.15, 0.2) is 0 Å². The van der Waals surface area contributed by atoms with Gasteiger partial charge in [-0.3, -0.25) is 4.79 Å². The average Bonchev–Trinajstić information content (AvgIpc) is 2.93. The first-order valence-corrected chi connectivity index (χ1v) is 17.4. The summed E-state index contributed by atoms with van der Waals surface area (Å²) in [4.78, 5) is 33.7. The second-order valence-electron chi connectivity index (χ2n) is 12.7. The average molecular weight is 615 g/mol. The molecule has 0 aromatic heterocycles. The molecule has 0 aliphatic rings. The van der Waals surface area contributed by atoms with Gasteiger partial charge in [0.2, 0.25) is 0 Å². The molecule has 0 unspecified atom stereocenters. The molecule has 0 rings (SSSR count). The molecule has 0 spiro atoms. The van der Waals surface area contributed by atoms with Crippen LogP contribution in [-0.2, 0) is 19.0 Å². The molecule has 9 heteroatoms. The van der Waals surface area contributed by atoms with Crippen molar-refractivity contribution in [2.24, 2.45) is 0 Å². The van der Waals surface area contributed by atoms with E-state index < -0.39 is 23.8 Å². The molecule has 0 saturated carbocycles. The summed E-state index contributed by atoms with van der Waals surface area (Å²) in [5.41, 5.74) is -0.524. The minimum Gasteiger partial charge on any atom is -0.481 e. The van der Waals surface area contributed by atoms with E-state index in [1.807, 2.05) is 20.8 Å².